The lowest BCUT2D eigenvalue weighted by atomic mass is 9.96. The van der Waals surface area contributed by atoms with Crippen molar-refractivity contribution in [1.82, 2.24) is 14.5 Å². The van der Waals surface area contributed by atoms with E-state index < -0.39 is 11.6 Å². The van der Waals surface area contributed by atoms with Crippen molar-refractivity contribution in [3.63, 3.8) is 0 Å². The van der Waals surface area contributed by atoms with Gasteiger partial charge in [0.25, 0.3) is 0 Å². The molecule has 23 heavy (non-hydrogen) atoms. The summed E-state index contributed by atoms with van der Waals surface area (Å²) in [5.74, 6) is -0.539. The van der Waals surface area contributed by atoms with Crippen molar-refractivity contribution in [1.29, 1.82) is 0 Å². The minimum Gasteiger partial charge on any atom is -0.338 e. The molecule has 2 amide bonds. The lowest BCUT2D eigenvalue weighted by molar-refractivity contribution is 0.193. The summed E-state index contributed by atoms with van der Waals surface area (Å²) in [5, 5.41) is 2.60. The highest BCUT2D eigenvalue weighted by Crippen LogP contribution is 2.26. The molecule has 122 valence electrons. The molecule has 2 heterocycles. The quantitative estimate of drug-likeness (QED) is 0.924. The Hall–Kier alpha value is -2.44. The van der Waals surface area contributed by atoms with Gasteiger partial charge in [-0.1, -0.05) is 0 Å². The number of hydrogen-bond donors (Lipinski definition) is 1. The zero-order chi connectivity index (χ0) is 16.4. The van der Waals surface area contributed by atoms with Crippen LogP contribution in [0, 0.1) is 11.6 Å². The van der Waals surface area contributed by atoms with Gasteiger partial charge in [-0.15, -0.1) is 0 Å². The van der Waals surface area contributed by atoms with Crippen LogP contribution in [0.2, 0.25) is 0 Å². The number of halogens is 2. The molecule has 3 rings (SSSR count). The molecule has 0 saturated carbocycles. The molecule has 1 aliphatic rings. The van der Waals surface area contributed by atoms with Crippen molar-refractivity contribution >= 4 is 11.7 Å². The smallest absolute Gasteiger partial charge is 0.321 e. The summed E-state index contributed by atoms with van der Waals surface area (Å²) in [7, 11) is 1.96. The van der Waals surface area contributed by atoms with E-state index in [0.29, 0.717) is 19.0 Å². The van der Waals surface area contributed by atoms with E-state index in [0.717, 1.165) is 30.8 Å². The van der Waals surface area contributed by atoms with E-state index in [4.69, 9.17) is 0 Å². The van der Waals surface area contributed by atoms with Crippen LogP contribution in [0.4, 0.5) is 19.3 Å². The van der Waals surface area contributed by atoms with Crippen LogP contribution >= 0.6 is 0 Å². The number of nitrogens with one attached hydrogen (secondary N) is 1. The number of anilines is 1. The molecule has 0 atom stereocenters. The van der Waals surface area contributed by atoms with Crippen LogP contribution in [-0.2, 0) is 7.05 Å². The molecule has 1 aromatic carbocycles. The molecule has 2 aromatic rings. The van der Waals surface area contributed by atoms with Crippen LogP contribution in [0.15, 0.2) is 30.6 Å². The number of carbonyl (C=O) groups is 1. The maximum Gasteiger partial charge on any atom is 0.321 e. The molecular weight excluding hydrogens is 302 g/mol. The number of nitrogens with zero attached hydrogens (tertiary/aromatic N) is 3. The first-order valence-electron chi connectivity index (χ1n) is 7.53. The number of likely N-dealkylation sites (tertiary alicyclic amines) is 1. The molecule has 0 aliphatic carbocycles. The molecule has 0 bridgehead atoms. The Morgan fingerprint density at radius 1 is 1.26 bits per heavy atom. The molecular formula is C16H18F2N4O. The molecule has 1 aliphatic heterocycles. The lowest BCUT2D eigenvalue weighted by Gasteiger charge is -2.31. The fourth-order valence-electron chi connectivity index (χ4n) is 2.89. The molecule has 1 saturated heterocycles. The van der Waals surface area contributed by atoms with Crippen molar-refractivity contribution in [3.8, 4) is 0 Å². The van der Waals surface area contributed by atoms with Crippen LogP contribution in [0.5, 0.6) is 0 Å². The Morgan fingerprint density at radius 2 is 2.00 bits per heavy atom. The Bertz CT molecular complexity index is 708. The number of hydrogen-bond acceptors (Lipinski definition) is 2. The summed E-state index contributed by atoms with van der Waals surface area (Å²) in [6, 6.07) is 3.03. The summed E-state index contributed by atoms with van der Waals surface area (Å²) in [6.07, 6.45) is 5.35. The van der Waals surface area contributed by atoms with Gasteiger partial charge in [0, 0.05) is 50.2 Å². The van der Waals surface area contributed by atoms with Gasteiger partial charge in [0.15, 0.2) is 11.6 Å². The Kier molecular flexibility index (Phi) is 4.27. The first-order valence-corrected chi connectivity index (χ1v) is 7.53. The van der Waals surface area contributed by atoms with Crippen molar-refractivity contribution in [2.24, 2.45) is 7.05 Å². The first-order chi connectivity index (χ1) is 11.0. The highest BCUT2D eigenvalue weighted by atomic mass is 19.2. The number of imidazole rings is 1. The van der Waals surface area contributed by atoms with Gasteiger partial charge in [-0.25, -0.2) is 18.6 Å². The SMILES string of the molecule is Cn1ccnc1C1CCN(C(=O)Nc2ccc(F)c(F)c2)CC1. The third kappa shape index (κ3) is 3.33. The Balaban J connectivity index is 1.58. The summed E-state index contributed by atoms with van der Waals surface area (Å²) in [4.78, 5) is 18.2. The molecule has 1 fully saturated rings. The standard InChI is InChI=1S/C16H18F2N4O/c1-21-9-6-19-15(21)11-4-7-22(8-5-11)16(23)20-12-2-3-13(17)14(18)10-12/h2-3,6,9-11H,4-5,7-8H2,1H3,(H,20,23). The van der Waals surface area contributed by atoms with E-state index in [1.54, 1.807) is 11.1 Å². The Morgan fingerprint density at radius 3 is 2.61 bits per heavy atom. The Labute approximate surface area is 132 Å². The van der Waals surface area contributed by atoms with Crippen molar-refractivity contribution in [2.45, 2.75) is 18.8 Å². The van der Waals surface area contributed by atoms with Gasteiger partial charge >= 0.3 is 6.03 Å². The second-order valence-electron chi connectivity index (χ2n) is 5.72. The molecule has 0 radical (unpaired) electrons. The normalized spacial score (nSPS) is 15.7. The number of urea groups is 1. The molecule has 1 N–H and O–H groups in total. The van der Waals surface area contributed by atoms with Crippen molar-refractivity contribution < 1.29 is 13.6 Å². The largest absolute Gasteiger partial charge is 0.338 e. The number of piperidine rings is 1. The average molecular weight is 320 g/mol. The molecule has 5 nitrogen and oxygen atoms in total. The zero-order valence-corrected chi connectivity index (χ0v) is 12.8. The van der Waals surface area contributed by atoms with Crippen molar-refractivity contribution in [3.05, 3.63) is 48.1 Å². The fourth-order valence-corrected chi connectivity index (χ4v) is 2.89. The number of rotatable bonds is 2. The van der Waals surface area contributed by atoms with Gasteiger partial charge in [0.2, 0.25) is 0 Å². The highest BCUT2D eigenvalue weighted by molar-refractivity contribution is 5.89. The number of benzene rings is 1. The van der Waals surface area contributed by atoms with E-state index >= 15 is 0 Å². The summed E-state index contributed by atoms with van der Waals surface area (Å²) >= 11 is 0. The third-order valence-corrected chi connectivity index (χ3v) is 4.18. The van der Waals surface area contributed by atoms with E-state index in [-0.39, 0.29) is 11.7 Å². The fraction of sp³-hybridized carbons (Fsp3) is 0.375. The first kappa shape index (κ1) is 15.5. The lowest BCUT2D eigenvalue weighted by Crippen LogP contribution is -2.40. The van der Waals surface area contributed by atoms with Crippen LogP contribution in [0.25, 0.3) is 0 Å². The van der Waals surface area contributed by atoms with Gasteiger partial charge < -0.3 is 14.8 Å². The maximum atomic E-state index is 13.2. The predicted molar refractivity (Wildman–Crippen MR) is 82.1 cm³/mol. The van der Waals surface area contributed by atoms with Gasteiger partial charge in [0.1, 0.15) is 5.82 Å². The van der Waals surface area contributed by atoms with Crippen LogP contribution in [0.3, 0.4) is 0 Å². The number of aromatic nitrogens is 2. The second kappa shape index (κ2) is 6.36. The van der Waals surface area contributed by atoms with E-state index in [9.17, 15) is 13.6 Å². The van der Waals surface area contributed by atoms with Gasteiger partial charge in [-0.3, -0.25) is 0 Å². The minimum absolute atomic E-state index is 0.250. The van der Waals surface area contributed by atoms with Crippen LogP contribution in [0.1, 0.15) is 24.6 Å². The summed E-state index contributed by atoms with van der Waals surface area (Å²) < 4.78 is 28.1. The van der Waals surface area contributed by atoms with Crippen molar-refractivity contribution in [2.75, 3.05) is 18.4 Å². The topological polar surface area (TPSA) is 50.2 Å². The zero-order valence-electron chi connectivity index (χ0n) is 12.8. The predicted octanol–water partition coefficient (Wildman–Crippen LogP) is 3.11. The molecule has 1 aromatic heterocycles. The summed E-state index contributed by atoms with van der Waals surface area (Å²) in [6.45, 7) is 1.21. The van der Waals surface area contributed by atoms with Crippen LogP contribution in [-0.4, -0.2) is 33.6 Å². The highest BCUT2D eigenvalue weighted by Gasteiger charge is 2.26. The average Bonchev–Trinajstić information content (AvgIpc) is 2.97. The third-order valence-electron chi connectivity index (χ3n) is 4.18. The minimum atomic E-state index is -0.976. The van der Waals surface area contributed by atoms with Crippen LogP contribution < -0.4 is 5.32 Å². The molecule has 0 spiro atoms. The van der Waals surface area contributed by atoms with Gasteiger partial charge in [-0.2, -0.15) is 0 Å². The number of amides is 2. The van der Waals surface area contributed by atoms with E-state index in [2.05, 4.69) is 10.3 Å². The monoisotopic (exact) mass is 320 g/mol. The van der Waals surface area contributed by atoms with Gasteiger partial charge in [0.05, 0.1) is 0 Å². The summed E-state index contributed by atoms with van der Waals surface area (Å²) in [5.41, 5.74) is 0.250. The maximum absolute atomic E-state index is 13.2. The molecule has 0 unspecified atom stereocenters. The van der Waals surface area contributed by atoms with E-state index in [1.807, 2.05) is 17.8 Å². The number of carbonyl (C=O) groups excluding carboxylic acids is 1. The van der Waals surface area contributed by atoms with Gasteiger partial charge in [-0.05, 0) is 25.0 Å². The molecule has 7 heteroatoms. The van der Waals surface area contributed by atoms with E-state index in [1.165, 1.54) is 6.07 Å². The number of aryl methyl sites for hydroxylation is 1. The second-order valence-corrected chi connectivity index (χ2v) is 5.72.